The molecule has 4 rings (SSSR count). The number of nitrogens with two attached hydrogens (primary N) is 1. The molecular formula is C18H22N8O. The number of aromatic nitrogens is 5. The highest BCUT2D eigenvalue weighted by molar-refractivity contribution is 5.54. The molecule has 0 bridgehead atoms. The van der Waals surface area contributed by atoms with Crippen LogP contribution in [-0.4, -0.2) is 42.0 Å². The quantitative estimate of drug-likeness (QED) is 0.522. The average molecular weight is 366 g/mol. The van der Waals surface area contributed by atoms with E-state index in [1.54, 1.807) is 6.07 Å². The van der Waals surface area contributed by atoms with Gasteiger partial charge in [0.05, 0.1) is 12.1 Å². The second-order valence-electron chi connectivity index (χ2n) is 6.73. The van der Waals surface area contributed by atoms with E-state index in [-0.39, 0.29) is 18.1 Å². The maximum Gasteiger partial charge on any atom is 0.248 e. The Hall–Kier alpha value is -3.20. The lowest BCUT2D eigenvalue weighted by Crippen LogP contribution is -2.39. The molecule has 9 heteroatoms. The summed E-state index contributed by atoms with van der Waals surface area (Å²) in [4.78, 5) is 12.8. The number of anilines is 4. The number of nitrogens with one attached hydrogen (secondary N) is 2. The Morgan fingerprint density at radius 3 is 2.67 bits per heavy atom. The lowest BCUT2D eigenvalue weighted by molar-refractivity contribution is 0.214. The zero-order valence-corrected chi connectivity index (χ0v) is 14.8. The molecule has 140 valence electrons. The van der Waals surface area contributed by atoms with Gasteiger partial charge in [0.1, 0.15) is 12.1 Å². The number of rotatable bonds is 6. The van der Waals surface area contributed by atoms with Crippen molar-refractivity contribution in [3.63, 3.8) is 0 Å². The number of benzene rings is 1. The van der Waals surface area contributed by atoms with Crippen LogP contribution >= 0.6 is 0 Å². The molecule has 1 fully saturated rings. The summed E-state index contributed by atoms with van der Waals surface area (Å²) in [6.07, 6.45) is 5.47. The molecule has 0 radical (unpaired) electrons. The van der Waals surface area contributed by atoms with E-state index >= 15 is 0 Å². The van der Waals surface area contributed by atoms with Crippen molar-refractivity contribution >= 4 is 23.4 Å². The van der Waals surface area contributed by atoms with E-state index in [1.807, 2.05) is 30.3 Å². The fourth-order valence-electron chi connectivity index (χ4n) is 3.37. The third-order valence-electron chi connectivity index (χ3n) is 4.79. The van der Waals surface area contributed by atoms with Gasteiger partial charge in [-0.1, -0.05) is 31.0 Å². The van der Waals surface area contributed by atoms with Gasteiger partial charge in [-0.25, -0.2) is 9.97 Å². The number of nitrogen functional groups attached to an aromatic ring is 1. The number of para-hydroxylation sites is 1. The topological polar surface area (TPSA) is 127 Å². The molecule has 27 heavy (non-hydrogen) atoms. The maximum absolute atomic E-state index is 9.79. The standard InChI is InChI=1S/C18H22N8O/c19-16-23-17(22-13-6-2-1-3-7-13)25-26(16)15-10-14(20-12-21-15)24-18(11-27)8-4-5-9-18/h1-3,6-7,10,12,27H,4-5,8-9,11H2,(H,20,21,24)(H3,19,22,23,25). The fraction of sp³-hybridized carbons (Fsp3) is 0.333. The predicted octanol–water partition coefficient (Wildman–Crippen LogP) is 2.10. The van der Waals surface area contributed by atoms with Crippen molar-refractivity contribution in [1.29, 1.82) is 0 Å². The van der Waals surface area contributed by atoms with Crippen LogP contribution in [0.4, 0.5) is 23.4 Å². The summed E-state index contributed by atoms with van der Waals surface area (Å²) < 4.78 is 1.46. The van der Waals surface area contributed by atoms with Crippen molar-refractivity contribution in [2.75, 3.05) is 23.0 Å². The van der Waals surface area contributed by atoms with Crippen LogP contribution in [-0.2, 0) is 0 Å². The van der Waals surface area contributed by atoms with E-state index in [4.69, 9.17) is 5.73 Å². The summed E-state index contributed by atoms with van der Waals surface area (Å²) in [5, 5.41) is 20.6. The van der Waals surface area contributed by atoms with Crippen molar-refractivity contribution in [1.82, 2.24) is 24.7 Å². The minimum absolute atomic E-state index is 0.0724. The number of nitrogens with zero attached hydrogens (tertiary/aromatic N) is 5. The van der Waals surface area contributed by atoms with Gasteiger partial charge >= 0.3 is 0 Å². The summed E-state index contributed by atoms with van der Waals surface area (Å²) >= 11 is 0. The minimum atomic E-state index is -0.320. The molecule has 1 saturated carbocycles. The Kier molecular flexibility index (Phi) is 4.59. The van der Waals surface area contributed by atoms with Crippen LogP contribution in [0.5, 0.6) is 0 Å². The largest absolute Gasteiger partial charge is 0.394 e. The molecule has 0 saturated heterocycles. The van der Waals surface area contributed by atoms with Gasteiger partial charge in [0.15, 0.2) is 5.82 Å². The van der Waals surface area contributed by atoms with Crippen molar-refractivity contribution in [3.8, 4) is 5.82 Å². The first-order valence-corrected chi connectivity index (χ1v) is 8.94. The van der Waals surface area contributed by atoms with Gasteiger partial charge in [-0.15, -0.1) is 5.10 Å². The number of aliphatic hydroxyl groups is 1. The zero-order chi connectivity index (χ0) is 18.7. The smallest absolute Gasteiger partial charge is 0.248 e. The fourth-order valence-corrected chi connectivity index (χ4v) is 3.37. The second-order valence-corrected chi connectivity index (χ2v) is 6.73. The van der Waals surface area contributed by atoms with E-state index in [0.717, 1.165) is 31.4 Å². The number of hydrogen-bond donors (Lipinski definition) is 4. The summed E-state index contributed by atoms with van der Waals surface area (Å²) in [5.41, 5.74) is 6.57. The van der Waals surface area contributed by atoms with Crippen LogP contribution in [0.3, 0.4) is 0 Å². The van der Waals surface area contributed by atoms with Crippen LogP contribution < -0.4 is 16.4 Å². The van der Waals surface area contributed by atoms with Gasteiger partial charge in [0.2, 0.25) is 11.9 Å². The molecule has 2 aromatic heterocycles. The van der Waals surface area contributed by atoms with E-state index in [1.165, 1.54) is 11.0 Å². The third-order valence-corrected chi connectivity index (χ3v) is 4.79. The molecule has 0 unspecified atom stereocenters. The third kappa shape index (κ3) is 3.68. The first-order chi connectivity index (χ1) is 13.2. The number of hydrogen-bond acceptors (Lipinski definition) is 8. The lowest BCUT2D eigenvalue weighted by Gasteiger charge is -2.28. The first-order valence-electron chi connectivity index (χ1n) is 8.94. The van der Waals surface area contributed by atoms with Crippen LogP contribution in [0.1, 0.15) is 25.7 Å². The van der Waals surface area contributed by atoms with Crippen LogP contribution in [0.25, 0.3) is 5.82 Å². The summed E-state index contributed by atoms with van der Waals surface area (Å²) in [6, 6.07) is 11.4. The predicted molar refractivity (Wildman–Crippen MR) is 103 cm³/mol. The SMILES string of the molecule is Nc1nc(Nc2ccccc2)nn1-c1cc(NC2(CO)CCCC2)ncn1. The highest BCUT2D eigenvalue weighted by atomic mass is 16.3. The van der Waals surface area contributed by atoms with Gasteiger partial charge in [-0.3, -0.25) is 0 Å². The zero-order valence-electron chi connectivity index (χ0n) is 14.8. The monoisotopic (exact) mass is 366 g/mol. The Morgan fingerprint density at radius 2 is 1.93 bits per heavy atom. The Balaban J connectivity index is 1.57. The van der Waals surface area contributed by atoms with Crippen molar-refractivity contribution in [2.24, 2.45) is 0 Å². The molecule has 0 spiro atoms. The van der Waals surface area contributed by atoms with Crippen molar-refractivity contribution in [2.45, 2.75) is 31.2 Å². The van der Waals surface area contributed by atoms with Gasteiger partial charge in [0.25, 0.3) is 0 Å². The molecule has 1 aromatic carbocycles. The number of aliphatic hydroxyl groups excluding tert-OH is 1. The molecule has 5 N–H and O–H groups in total. The van der Waals surface area contributed by atoms with E-state index in [9.17, 15) is 5.11 Å². The molecule has 1 aliphatic carbocycles. The molecule has 0 amide bonds. The van der Waals surface area contributed by atoms with Crippen LogP contribution in [0, 0.1) is 0 Å². The maximum atomic E-state index is 9.79. The van der Waals surface area contributed by atoms with Crippen LogP contribution in [0.2, 0.25) is 0 Å². The van der Waals surface area contributed by atoms with Crippen molar-refractivity contribution < 1.29 is 5.11 Å². The molecule has 9 nitrogen and oxygen atoms in total. The van der Waals surface area contributed by atoms with Crippen molar-refractivity contribution in [3.05, 3.63) is 42.7 Å². The Bertz CT molecular complexity index is 905. The molecular weight excluding hydrogens is 344 g/mol. The Morgan fingerprint density at radius 1 is 1.15 bits per heavy atom. The normalized spacial score (nSPS) is 15.6. The summed E-state index contributed by atoms with van der Waals surface area (Å²) in [5.74, 6) is 1.73. The van der Waals surface area contributed by atoms with E-state index < -0.39 is 0 Å². The van der Waals surface area contributed by atoms with Gasteiger partial charge in [-0.05, 0) is 25.0 Å². The molecule has 2 heterocycles. The lowest BCUT2D eigenvalue weighted by atomic mass is 9.99. The molecule has 0 aliphatic heterocycles. The highest BCUT2D eigenvalue weighted by Gasteiger charge is 2.33. The second kappa shape index (κ2) is 7.20. The van der Waals surface area contributed by atoms with Gasteiger partial charge in [-0.2, -0.15) is 9.67 Å². The van der Waals surface area contributed by atoms with E-state index in [0.29, 0.717) is 17.6 Å². The van der Waals surface area contributed by atoms with Gasteiger partial charge in [0, 0.05) is 11.8 Å². The molecule has 0 atom stereocenters. The Labute approximate surface area is 156 Å². The first kappa shape index (κ1) is 17.2. The molecule has 3 aromatic rings. The average Bonchev–Trinajstić information content (AvgIpc) is 3.30. The van der Waals surface area contributed by atoms with Crippen LogP contribution in [0.15, 0.2) is 42.7 Å². The molecule has 1 aliphatic rings. The highest BCUT2D eigenvalue weighted by Crippen LogP contribution is 2.32. The van der Waals surface area contributed by atoms with E-state index in [2.05, 4.69) is 30.7 Å². The van der Waals surface area contributed by atoms with Gasteiger partial charge < -0.3 is 21.5 Å². The minimum Gasteiger partial charge on any atom is -0.394 e. The summed E-state index contributed by atoms with van der Waals surface area (Å²) in [7, 11) is 0. The summed E-state index contributed by atoms with van der Waals surface area (Å²) in [6.45, 7) is 0.0724.